The lowest BCUT2D eigenvalue weighted by Gasteiger charge is -2.32. The number of hydrogen-bond donors (Lipinski definition) is 1. The number of amides is 2. The maximum atomic E-state index is 13.9. The number of sulfonamides is 1. The first-order valence-electron chi connectivity index (χ1n) is 12.8. The van der Waals surface area contributed by atoms with Crippen LogP contribution in [0.15, 0.2) is 71.6 Å². The summed E-state index contributed by atoms with van der Waals surface area (Å²) in [4.78, 5) is 28.3. The van der Waals surface area contributed by atoms with E-state index >= 15 is 0 Å². The minimum absolute atomic E-state index is 0.0171. The number of carbonyl (C=O) groups is 2. The molecule has 0 aliphatic rings. The molecule has 0 saturated carbocycles. The molecule has 3 aromatic carbocycles. The summed E-state index contributed by atoms with van der Waals surface area (Å²) in [5.74, 6) is -0.940. The van der Waals surface area contributed by atoms with Crippen molar-refractivity contribution in [2.45, 2.75) is 51.1 Å². The molecular formula is C29H32Cl3N3O4S. The van der Waals surface area contributed by atoms with Gasteiger partial charge in [-0.05, 0) is 68.3 Å². The van der Waals surface area contributed by atoms with Crippen molar-refractivity contribution in [3.63, 3.8) is 0 Å². The smallest absolute Gasteiger partial charge is 0.264 e. The molecule has 40 heavy (non-hydrogen) atoms. The van der Waals surface area contributed by atoms with Gasteiger partial charge in [-0.1, -0.05) is 78.0 Å². The number of carbonyl (C=O) groups excluding carboxylic acids is 2. The van der Waals surface area contributed by atoms with Crippen LogP contribution in [0.5, 0.6) is 0 Å². The molecular weight excluding hydrogens is 593 g/mol. The van der Waals surface area contributed by atoms with Crippen molar-refractivity contribution in [3.8, 4) is 0 Å². The molecule has 0 aliphatic carbocycles. The number of hydrogen-bond acceptors (Lipinski definition) is 4. The topological polar surface area (TPSA) is 86.8 Å². The maximum Gasteiger partial charge on any atom is 0.264 e. The van der Waals surface area contributed by atoms with Crippen molar-refractivity contribution in [2.75, 3.05) is 17.4 Å². The van der Waals surface area contributed by atoms with E-state index in [0.29, 0.717) is 11.6 Å². The highest BCUT2D eigenvalue weighted by Gasteiger charge is 2.33. The minimum atomic E-state index is -4.26. The van der Waals surface area contributed by atoms with Gasteiger partial charge in [0.2, 0.25) is 11.8 Å². The third-order valence-electron chi connectivity index (χ3n) is 6.33. The van der Waals surface area contributed by atoms with Crippen LogP contribution in [0.25, 0.3) is 0 Å². The number of rotatable bonds is 12. The van der Waals surface area contributed by atoms with Crippen LogP contribution < -0.4 is 9.62 Å². The fraction of sp³-hybridized carbons (Fsp3) is 0.310. The SMILES string of the molecule is CCCCNC(=O)[C@H](C)N(Cc1ccc(Cl)cc1)C(=O)CN(c1cc(Cl)ccc1Cl)S(=O)(=O)c1ccc(C)cc1. The minimum Gasteiger partial charge on any atom is -0.354 e. The molecule has 0 radical (unpaired) electrons. The predicted octanol–water partition coefficient (Wildman–Crippen LogP) is 6.48. The molecule has 0 heterocycles. The van der Waals surface area contributed by atoms with Gasteiger partial charge in [-0.3, -0.25) is 13.9 Å². The Morgan fingerprint density at radius 2 is 1.55 bits per heavy atom. The van der Waals surface area contributed by atoms with Crippen LogP contribution in [-0.4, -0.2) is 44.3 Å². The van der Waals surface area contributed by atoms with Gasteiger partial charge in [0.05, 0.1) is 15.6 Å². The fourth-order valence-corrected chi connectivity index (χ4v) is 5.92. The third-order valence-corrected chi connectivity index (χ3v) is 8.91. The summed E-state index contributed by atoms with van der Waals surface area (Å²) >= 11 is 18.7. The lowest BCUT2D eigenvalue weighted by Crippen LogP contribution is -2.51. The highest BCUT2D eigenvalue weighted by atomic mass is 35.5. The molecule has 3 rings (SSSR count). The molecule has 1 N–H and O–H groups in total. The van der Waals surface area contributed by atoms with Gasteiger partial charge in [-0.15, -0.1) is 0 Å². The van der Waals surface area contributed by atoms with Gasteiger partial charge in [0, 0.05) is 23.1 Å². The first-order valence-corrected chi connectivity index (χ1v) is 15.4. The predicted molar refractivity (Wildman–Crippen MR) is 162 cm³/mol. The molecule has 0 spiro atoms. The van der Waals surface area contributed by atoms with Gasteiger partial charge in [0.25, 0.3) is 10.0 Å². The average molecular weight is 625 g/mol. The quantitative estimate of drug-likeness (QED) is 0.234. The summed E-state index contributed by atoms with van der Waals surface area (Å²) in [7, 11) is -4.26. The standard InChI is InChI=1S/C29H32Cl3N3O4S/c1-4-5-16-33-29(37)21(3)34(18-22-8-10-23(30)11-9-22)28(36)19-35(27-17-24(31)12-15-26(27)32)40(38,39)25-13-6-20(2)7-14-25/h6-15,17,21H,4-5,16,18-19H2,1-3H3,(H,33,37)/t21-/m0/s1. The van der Waals surface area contributed by atoms with Crippen LogP contribution in [0.3, 0.4) is 0 Å². The maximum absolute atomic E-state index is 13.9. The van der Waals surface area contributed by atoms with Gasteiger partial charge in [0.15, 0.2) is 0 Å². The summed E-state index contributed by atoms with van der Waals surface area (Å²) in [5.41, 5.74) is 1.65. The Labute approximate surface area is 251 Å². The number of halogens is 3. The Morgan fingerprint density at radius 1 is 0.925 bits per heavy atom. The van der Waals surface area contributed by atoms with Crippen LogP contribution >= 0.6 is 34.8 Å². The van der Waals surface area contributed by atoms with Crippen molar-refractivity contribution in [3.05, 3.63) is 92.9 Å². The van der Waals surface area contributed by atoms with Crippen molar-refractivity contribution in [1.29, 1.82) is 0 Å². The van der Waals surface area contributed by atoms with Gasteiger partial charge in [-0.2, -0.15) is 0 Å². The third kappa shape index (κ3) is 8.13. The van der Waals surface area contributed by atoms with Gasteiger partial charge in [-0.25, -0.2) is 8.42 Å². The van der Waals surface area contributed by atoms with E-state index < -0.39 is 28.5 Å². The number of benzene rings is 3. The van der Waals surface area contributed by atoms with Crippen molar-refractivity contribution in [2.24, 2.45) is 0 Å². The largest absolute Gasteiger partial charge is 0.354 e. The summed E-state index contributed by atoms with van der Waals surface area (Å²) in [6.45, 7) is 5.37. The zero-order valence-corrected chi connectivity index (χ0v) is 25.6. The molecule has 0 saturated heterocycles. The molecule has 1 atom stereocenters. The van der Waals surface area contributed by atoms with E-state index in [2.05, 4.69) is 5.32 Å². The van der Waals surface area contributed by atoms with Crippen LogP contribution in [0, 0.1) is 6.92 Å². The fourth-order valence-electron chi connectivity index (χ4n) is 3.93. The van der Waals surface area contributed by atoms with E-state index in [9.17, 15) is 18.0 Å². The van der Waals surface area contributed by atoms with Crippen molar-refractivity contribution >= 4 is 62.3 Å². The van der Waals surface area contributed by atoms with Crippen LogP contribution in [0.2, 0.25) is 15.1 Å². The number of unbranched alkanes of at least 4 members (excludes halogenated alkanes) is 1. The highest BCUT2D eigenvalue weighted by Crippen LogP contribution is 2.33. The molecule has 0 aliphatic heterocycles. The molecule has 214 valence electrons. The zero-order chi connectivity index (χ0) is 29.4. The molecule has 0 aromatic heterocycles. The van der Waals surface area contributed by atoms with E-state index in [1.165, 1.54) is 35.2 Å². The molecule has 7 nitrogen and oxygen atoms in total. The molecule has 0 unspecified atom stereocenters. The summed E-state index contributed by atoms with van der Waals surface area (Å²) in [6, 6.07) is 16.6. The van der Waals surface area contributed by atoms with Gasteiger partial charge in [0.1, 0.15) is 12.6 Å². The van der Waals surface area contributed by atoms with E-state index in [1.54, 1.807) is 43.3 Å². The van der Waals surface area contributed by atoms with Gasteiger partial charge >= 0.3 is 0 Å². The lowest BCUT2D eigenvalue weighted by atomic mass is 10.1. The van der Waals surface area contributed by atoms with Crippen LogP contribution in [0.4, 0.5) is 5.69 Å². The van der Waals surface area contributed by atoms with E-state index in [0.717, 1.165) is 28.3 Å². The Morgan fingerprint density at radius 3 is 2.17 bits per heavy atom. The second-order valence-electron chi connectivity index (χ2n) is 9.39. The summed E-state index contributed by atoms with van der Waals surface area (Å²) < 4.78 is 28.7. The van der Waals surface area contributed by atoms with Crippen LogP contribution in [-0.2, 0) is 26.2 Å². The molecule has 0 bridgehead atoms. The lowest BCUT2D eigenvalue weighted by molar-refractivity contribution is -0.139. The monoisotopic (exact) mass is 623 g/mol. The normalized spacial score (nSPS) is 12.1. The first-order chi connectivity index (χ1) is 18.9. The van der Waals surface area contributed by atoms with Crippen molar-refractivity contribution < 1.29 is 18.0 Å². The highest BCUT2D eigenvalue weighted by molar-refractivity contribution is 7.92. The van der Waals surface area contributed by atoms with Gasteiger partial charge < -0.3 is 10.2 Å². The van der Waals surface area contributed by atoms with E-state index in [1.807, 2.05) is 13.8 Å². The Hall–Kier alpha value is -2.78. The molecule has 2 amide bonds. The number of aryl methyl sites for hydroxylation is 1. The molecule has 3 aromatic rings. The Balaban J connectivity index is 2.04. The van der Waals surface area contributed by atoms with E-state index in [-0.39, 0.29) is 33.1 Å². The first kappa shape index (κ1) is 31.7. The molecule has 0 fully saturated rings. The number of nitrogens with zero attached hydrogens (tertiary/aromatic N) is 2. The second kappa shape index (κ2) is 14.2. The van der Waals surface area contributed by atoms with E-state index in [4.69, 9.17) is 34.8 Å². The number of anilines is 1. The summed E-state index contributed by atoms with van der Waals surface area (Å²) in [5, 5.41) is 3.73. The van der Waals surface area contributed by atoms with Crippen molar-refractivity contribution in [1.82, 2.24) is 10.2 Å². The molecule has 11 heteroatoms. The second-order valence-corrected chi connectivity index (χ2v) is 12.5. The zero-order valence-electron chi connectivity index (χ0n) is 22.5. The Bertz CT molecular complexity index is 1430. The van der Waals surface area contributed by atoms with Crippen LogP contribution in [0.1, 0.15) is 37.8 Å². The Kier molecular flexibility index (Phi) is 11.3. The number of nitrogens with one attached hydrogen (secondary N) is 1. The summed E-state index contributed by atoms with van der Waals surface area (Å²) in [6.07, 6.45) is 1.69. The average Bonchev–Trinajstić information content (AvgIpc) is 2.92.